The molecular formula is C22H22N4O3S. The van der Waals surface area contributed by atoms with Crippen LogP contribution >= 0.6 is 11.8 Å². The van der Waals surface area contributed by atoms with Crippen LogP contribution in [0.1, 0.15) is 23.4 Å². The maximum atomic E-state index is 12.7. The monoisotopic (exact) mass is 422 g/mol. The molecule has 1 amide bonds. The minimum absolute atomic E-state index is 0.142. The number of amides is 1. The zero-order chi connectivity index (χ0) is 20.9. The number of aromatic nitrogens is 3. The topological polar surface area (TPSA) is 86.1 Å². The lowest BCUT2D eigenvalue weighted by Crippen LogP contribution is -2.28. The van der Waals surface area contributed by atoms with E-state index in [1.54, 1.807) is 42.1 Å². The Bertz CT molecular complexity index is 1100. The first-order chi connectivity index (χ1) is 14.6. The van der Waals surface area contributed by atoms with Crippen molar-refractivity contribution >= 4 is 23.4 Å². The van der Waals surface area contributed by atoms with Crippen molar-refractivity contribution < 1.29 is 9.53 Å². The summed E-state index contributed by atoms with van der Waals surface area (Å²) in [5.41, 5.74) is 3.32. The maximum Gasteiger partial charge on any atom is 0.349 e. The smallest absolute Gasteiger partial charge is 0.349 e. The minimum Gasteiger partial charge on any atom is -0.497 e. The van der Waals surface area contributed by atoms with Crippen LogP contribution in [-0.2, 0) is 24.2 Å². The van der Waals surface area contributed by atoms with Crippen LogP contribution in [0, 0.1) is 0 Å². The normalized spacial score (nSPS) is 12.4. The molecule has 30 heavy (non-hydrogen) atoms. The van der Waals surface area contributed by atoms with Crippen LogP contribution in [-0.4, -0.2) is 33.3 Å². The summed E-state index contributed by atoms with van der Waals surface area (Å²) in [6.07, 6.45) is 4.41. The van der Waals surface area contributed by atoms with Crippen LogP contribution in [0.15, 0.2) is 58.5 Å². The Morgan fingerprint density at radius 1 is 1.20 bits per heavy atom. The molecule has 2 aromatic heterocycles. The molecule has 2 heterocycles. The van der Waals surface area contributed by atoms with Gasteiger partial charge in [-0.05, 0) is 55.7 Å². The van der Waals surface area contributed by atoms with Gasteiger partial charge in [-0.15, -0.1) is 0 Å². The molecule has 0 fully saturated rings. The third kappa shape index (κ3) is 4.54. The highest BCUT2D eigenvalue weighted by Crippen LogP contribution is 2.29. The summed E-state index contributed by atoms with van der Waals surface area (Å²) in [5.74, 6) is 0.777. The van der Waals surface area contributed by atoms with E-state index < -0.39 is 0 Å². The number of nitrogens with one attached hydrogen (secondary N) is 1. The first-order valence-corrected chi connectivity index (χ1v) is 10.7. The molecule has 4 rings (SSSR count). The van der Waals surface area contributed by atoms with Gasteiger partial charge in [-0.2, -0.15) is 4.98 Å². The molecule has 1 N–H and O–H groups in total. The summed E-state index contributed by atoms with van der Waals surface area (Å²) >= 11 is 1.31. The van der Waals surface area contributed by atoms with E-state index in [4.69, 9.17) is 4.74 Å². The standard InChI is InChI=1S/C22H22N4O3S/c1-29-17-10-8-15(9-11-17)24-20(27)14-30-21-18-6-4-7-19(18)26(22(28)25-21)13-16-5-2-3-12-23-16/h2-3,5,8-12H,4,6-7,13-14H2,1H3,(H,24,27). The Balaban J connectivity index is 1.47. The summed E-state index contributed by atoms with van der Waals surface area (Å²) in [7, 11) is 1.60. The van der Waals surface area contributed by atoms with Crippen LogP contribution in [0.5, 0.6) is 5.75 Å². The summed E-state index contributed by atoms with van der Waals surface area (Å²) in [6.45, 7) is 0.415. The minimum atomic E-state index is -0.292. The molecule has 0 unspecified atom stereocenters. The number of hydrogen-bond donors (Lipinski definition) is 1. The Labute approximate surface area is 178 Å². The summed E-state index contributed by atoms with van der Waals surface area (Å²) in [4.78, 5) is 33.7. The molecule has 1 aromatic carbocycles. The van der Waals surface area contributed by atoms with E-state index in [1.165, 1.54) is 11.8 Å². The van der Waals surface area contributed by atoms with Crippen LogP contribution in [0.2, 0.25) is 0 Å². The molecular weight excluding hydrogens is 400 g/mol. The van der Waals surface area contributed by atoms with Gasteiger partial charge in [-0.3, -0.25) is 14.3 Å². The number of ether oxygens (including phenoxy) is 1. The number of nitrogens with zero attached hydrogens (tertiary/aromatic N) is 3. The van der Waals surface area contributed by atoms with Gasteiger partial charge >= 0.3 is 5.69 Å². The fourth-order valence-electron chi connectivity index (χ4n) is 3.53. The summed E-state index contributed by atoms with van der Waals surface area (Å²) in [6, 6.07) is 12.8. The highest BCUT2D eigenvalue weighted by molar-refractivity contribution is 8.00. The molecule has 1 aliphatic carbocycles. The first kappa shape index (κ1) is 20.2. The molecule has 0 spiro atoms. The fourth-order valence-corrected chi connectivity index (χ4v) is 4.40. The molecule has 0 radical (unpaired) electrons. The van der Waals surface area contributed by atoms with Crippen LogP contribution < -0.4 is 15.7 Å². The van der Waals surface area contributed by atoms with Crippen molar-refractivity contribution in [3.05, 3.63) is 76.1 Å². The predicted octanol–water partition coefficient (Wildman–Crippen LogP) is 2.91. The molecule has 0 bridgehead atoms. The fraction of sp³-hybridized carbons (Fsp3) is 0.273. The van der Waals surface area contributed by atoms with E-state index in [1.807, 2.05) is 18.2 Å². The molecule has 0 saturated heterocycles. The van der Waals surface area contributed by atoms with Crippen molar-refractivity contribution in [3.8, 4) is 5.75 Å². The average Bonchev–Trinajstić information content (AvgIpc) is 3.26. The Morgan fingerprint density at radius 3 is 2.77 bits per heavy atom. The number of hydrogen-bond acceptors (Lipinski definition) is 6. The van der Waals surface area contributed by atoms with Gasteiger partial charge in [0.2, 0.25) is 5.91 Å². The van der Waals surface area contributed by atoms with Gasteiger partial charge in [0.25, 0.3) is 0 Å². The second kappa shape index (κ2) is 9.13. The molecule has 3 aromatic rings. The number of benzene rings is 1. The van der Waals surface area contributed by atoms with E-state index in [0.29, 0.717) is 17.3 Å². The van der Waals surface area contributed by atoms with Gasteiger partial charge in [-0.25, -0.2) is 4.79 Å². The molecule has 0 aliphatic heterocycles. The Kier molecular flexibility index (Phi) is 6.13. The van der Waals surface area contributed by atoms with Crippen LogP contribution in [0.3, 0.4) is 0 Å². The van der Waals surface area contributed by atoms with Crippen molar-refractivity contribution in [1.29, 1.82) is 0 Å². The van der Waals surface area contributed by atoms with Crippen molar-refractivity contribution in [3.63, 3.8) is 0 Å². The summed E-state index contributed by atoms with van der Waals surface area (Å²) in [5, 5.41) is 3.52. The van der Waals surface area contributed by atoms with Crippen molar-refractivity contribution in [2.24, 2.45) is 0 Å². The molecule has 0 saturated carbocycles. The largest absolute Gasteiger partial charge is 0.497 e. The third-order valence-electron chi connectivity index (χ3n) is 4.96. The van der Waals surface area contributed by atoms with Crippen molar-refractivity contribution in [1.82, 2.24) is 14.5 Å². The zero-order valence-corrected chi connectivity index (χ0v) is 17.4. The number of rotatable bonds is 7. The highest BCUT2D eigenvalue weighted by Gasteiger charge is 2.22. The highest BCUT2D eigenvalue weighted by atomic mass is 32.2. The lowest BCUT2D eigenvalue weighted by atomic mass is 10.2. The van der Waals surface area contributed by atoms with Crippen molar-refractivity contribution in [2.75, 3.05) is 18.2 Å². The predicted molar refractivity (Wildman–Crippen MR) is 116 cm³/mol. The van der Waals surface area contributed by atoms with Gasteiger partial charge in [0.05, 0.1) is 25.1 Å². The Hall–Kier alpha value is -3.13. The van der Waals surface area contributed by atoms with E-state index >= 15 is 0 Å². The number of thioether (sulfide) groups is 1. The van der Waals surface area contributed by atoms with Gasteiger partial charge < -0.3 is 10.1 Å². The maximum absolute atomic E-state index is 12.7. The zero-order valence-electron chi connectivity index (χ0n) is 16.6. The Morgan fingerprint density at radius 2 is 2.03 bits per heavy atom. The average molecular weight is 423 g/mol. The van der Waals surface area contributed by atoms with E-state index in [9.17, 15) is 9.59 Å². The molecule has 1 aliphatic rings. The van der Waals surface area contributed by atoms with E-state index in [-0.39, 0.29) is 17.3 Å². The number of anilines is 1. The van der Waals surface area contributed by atoms with Crippen LogP contribution in [0.4, 0.5) is 5.69 Å². The SMILES string of the molecule is COc1ccc(NC(=O)CSc2nc(=O)n(Cc3ccccn3)c3c2CCC3)cc1. The van der Waals surface area contributed by atoms with Gasteiger partial charge in [0.1, 0.15) is 10.8 Å². The number of methoxy groups -OCH3 is 1. The molecule has 8 heteroatoms. The van der Waals surface area contributed by atoms with Crippen molar-refractivity contribution in [2.45, 2.75) is 30.8 Å². The molecule has 7 nitrogen and oxygen atoms in total. The van der Waals surface area contributed by atoms with Gasteiger partial charge in [-0.1, -0.05) is 17.8 Å². The van der Waals surface area contributed by atoms with Gasteiger partial charge in [0, 0.05) is 23.1 Å². The number of carbonyl (C=O) groups is 1. The third-order valence-corrected chi connectivity index (χ3v) is 5.98. The lowest BCUT2D eigenvalue weighted by Gasteiger charge is -2.14. The quantitative estimate of drug-likeness (QED) is 0.465. The van der Waals surface area contributed by atoms with Gasteiger partial charge in [0.15, 0.2) is 0 Å². The summed E-state index contributed by atoms with van der Waals surface area (Å²) < 4.78 is 6.83. The number of carbonyl (C=O) groups excluding carboxylic acids is 1. The first-order valence-electron chi connectivity index (χ1n) is 9.73. The van der Waals surface area contributed by atoms with E-state index in [0.717, 1.165) is 42.0 Å². The molecule has 154 valence electrons. The molecule has 0 atom stereocenters. The second-order valence-corrected chi connectivity index (χ2v) is 7.91. The van der Waals surface area contributed by atoms with Crippen LogP contribution in [0.25, 0.3) is 0 Å². The number of fused-ring (bicyclic) bond motifs is 1. The number of pyridine rings is 1. The second-order valence-electron chi connectivity index (χ2n) is 6.95. The lowest BCUT2D eigenvalue weighted by molar-refractivity contribution is -0.113. The van der Waals surface area contributed by atoms with E-state index in [2.05, 4.69) is 15.3 Å².